The number of hydrogen-bond donors (Lipinski definition) is 0. The van der Waals surface area contributed by atoms with E-state index in [-0.39, 0.29) is 5.76 Å². The second-order valence-electron chi connectivity index (χ2n) is 3.18. The van der Waals surface area contributed by atoms with Crippen molar-refractivity contribution in [2.45, 2.75) is 6.92 Å². The van der Waals surface area contributed by atoms with Crippen LogP contribution in [-0.4, -0.2) is 0 Å². The topological polar surface area (TPSA) is 30.2 Å². The first-order valence-electron chi connectivity index (χ1n) is 4.20. The van der Waals surface area contributed by atoms with Crippen molar-refractivity contribution in [2.75, 3.05) is 0 Å². The zero-order valence-corrected chi connectivity index (χ0v) is 7.91. The zero-order chi connectivity index (χ0) is 12.0. The molecule has 16 heavy (non-hydrogen) atoms. The Morgan fingerprint density at radius 3 is 2.19 bits per heavy atom. The van der Waals surface area contributed by atoms with Crippen LogP contribution in [0.15, 0.2) is 15.3 Å². The Bertz CT molecular complexity index is 646. The van der Waals surface area contributed by atoms with E-state index < -0.39 is 39.7 Å². The van der Waals surface area contributed by atoms with E-state index in [9.17, 15) is 22.4 Å². The molecule has 1 heterocycles. The number of halogens is 4. The Balaban J connectivity index is 3.15. The lowest BCUT2D eigenvalue weighted by atomic mass is 10.2. The van der Waals surface area contributed by atoms with Crippen LogP contribution in [0.2, 0.25) is 0 Å². The highest BCUT2D eigenvalue weighted by molar-refractivity contribution is 5.78. The third-order valence-electron chi connectivity index (χ3n) is 2.07. The standard InChI is InChI=1S/C10H4F4O2/c1-3-2-4(15)5-6(11)7(12)8(13)9(14)10(5)16-3/h2H,1H3. The first kappa shape index (κ1) is 10.7. The maximum Gasteiger partial charge on any atom is 0.205 e. The Labute approximate surface area is 86.1 Å². The van der Waals surface area contributed by atoms with Crippen LogP contribution < -0.4 is 5.43 Å². The lowest BCUT2D eigenvalue weighted by molar-refractivity contribution is 0.405. The fourth-order valence-electron chi connectivity index (χ4n) is 1.37. The van der Waals surface area contributed by atoms with Crippen molar-refractivity contribution in [3.05, 3.63) is 45.3 Å². The van der Waals surface area contributed by atoms with Gasteiger partial charge >= 0.3 is 0 Å². The Kier molecular flexibility index (Phi) is 2.22. The van der Waals surface area contributed by atoms with Crippen molar-refractivity contribution < 1.29 is 22.0 Å². The highest BCUT2D eigenvalue weighted by atomic mass is 19.2. The Hall–Kier alpha value is -1.85. The summed E-state index contributed by atoms with van der Waals surface area (Å²) in [6, 6.07) is 0.863. The molecule has 0 fully saturated rings. The quantitative estimate of drug-likeness (QED) is 0.397. The van der Waals surface area contributed by atoms with Crippen LogP contribution in [0.3, 0.4) is 0 Å². The minimum absolute atomic E-state index is 0.0261. The van der Waals surface area contributed by atoms with E-state index in [1.807, 2.05) is 0 Å². The molecule has 1 aromatic heterocycles. The zero-order valence-electron chi connectivity index (χ0n) is 7.91. The molecular weight excluding hydrogens is 228 g/mol. The van der Waals surface area contributed by atoms with E-state index in [0.29, 0.717) is 0 Å². The van der Waals surface area contributed by atoms with Gasteiger partial charge in [-0.05, 0) is 6.92 Å². The summed E-state index contributed by atoms with van der Waals surface area (Å²) in [5.41, 5.74) is -1.88. The molecule has 0 unspecified atom stereocenters. The first-order chi connectivity index (χ1) is 7.43. The van der Waals surface area contributed by atoms with Crippen molar-refractivity contribution in [1.82, 2.24) is 0 Å². The van der Waals surface area contributed by atoms with Crippen LogP contribution >= 0.6 is 0 Å². The lowest BCUT2D eigenvalue weighted by Crippen LogP contribution is -2.08. The van der Waals surface area contributed by atoms with Gasteiger partial charge in [-0.1, -0.05) is 0 Å². The number of fused-ring (bicyclic) bond motifs is 1. The maximum atomic E-state index is 13.2. The van der Waals surface area contributed by atoms with Gasteiger partial charge in [0.15, 0.2) is 22.6 Å². The second kappa shape index (κ2) is 3.33. The van der Waals surface area contributed by atoms with E-state index in [1.54, 1.807) is 0 Å². The summed E-state index contributed by atoms with van der Waals surface area (Å²) in [4.78, 5) is 11.3. The number of hydrogen-bond acceptors (Lipinski definition) is 2. The lowest BCUT2D eigenvalue weighted by Gasteiger charge is -2.03. The molecule has 0 spiro atoms. The monoisotopic (exact) mass is 232 g/mol. The molecule has 0 radical (unpaired) electrons. The minimum Gasteiger partial charge on any atom is -0.458 e. The van der Waals surface area contributed by atoms with E-state index >= 15 is 0 Å². The van der Waals surface area contributed by atoms with E-state index in [2.05, 4.69) is 4.42 Å². The van der Waals surface area contributed by atoms with E-state index in [1.165, 1.54) is 6.92 Å². The van der Waals surface area contributed by atoms with Gasteiger partial charge in [0.05, 0.1) is 0 Å². The highest BCUT2D eigenvalue weighted by Crippen LogP contribution is 2.24. The third kappa shape index (κ3) is 1.30. The van der Waals surface area contributed by atoms with Crippen LogP contribution in [0.1, 0.15) is 5.76 Å². The van der Waals surface area contributed by atoms with Gasteiger partial charge in [-0.3, -0.25) is 4.79 Å². The molecule has 1 aromatic carbocycles. The molecule has 2 rings (SSSR count). The molecule has 0 aliphatic rings. The molecule has 0 bridgehead atoms. The van der Waals surface area contributed by atoms with Crippen molar-refractivity contribution >= 4 is 11.0 Å². The average Bonchev–Trinajstić information content (AvgIpc) is 2.22. The van der Waals surface area contributed by atoms with Gasteiger partial charge in [-0.15, -0.1) is 0 Å². The van der Waals surface area contributed by atoms with Crippen molar-refractivity contribution in [2.24, 2.45) is 0 Å². The van der Waals surface area contributed by atoms with Gasteiger partial charge in [0.1, 0.15) is 11.1 Å². The average molecular weight is 232 g/mol. The van der Waals surface area contributed by atoms with Gasteiger partial charge in [0.2, 0.25) is 11.6 Å². The summed E-state index contributed by atoms with van der Waals surface area (Å²) in [5, 5.41) is -0.929. The fourth-order valence-corrected chi connectivity index (χ4v) is 1.37. The molecular formula is C10H4F4O2. The van der Waals surface area contributed by atoms with Crippen LogP contribution in [0.25, 0.3) is 11.0 Å². The largest absolute Gasteiger partial charge is 0.458 e. The summed E-state index contributed by atoms with van der Waals surface area (Å²) in [5.74, 6) is -7.51. The normalized spacial score (nSPS) is 11.1. The molecule has 0 saturated carbocycles. The summed E-state index contributed by atoms with van der Waals surface area (Å²) in [6.07, 6.45) is 0. The number of aryl methyl sites for hydroxylation is 1. The smallest absolute Gasteiger partial charge is 0.205 e. The summed E-state index contributed by atoms with van der Waals surface area (Å²) in [7, 11) is 0. The summed E-state index contributed by atoms with van der Waals surface area (Å²) < 4.78 is 56.7. The van der Waals surface area contributed by atoms with E-state index in [4.69, 9.17) is 0 Å². The summed E-state index contributed by atoms with van der Waals surface area (Å²) >= 11 is 0. The van der Waals surface area contributed by atoms with E-state index in [0.717, 1.165) is 6.07 Å². The van der Waals surface area contributed by atoms with Crippen molar-refractivity contribution in [1.29, 1.82) is 0 Å². The SMILES string of the molecule is Cc1cc(=O)c2c(F)c(F)c(F)c(F)c2o1. The minimum atomic E-state index is -2.03. The molecule has 0 N–H and O–H groups in total. The molecule has 0 saturated heterocycles. The predicted molar refractivity (Wildman–Crippen MR) is 47.1 cm³/mol. The van der Waals surface area contributed by atoms with Gasteiger partial charge in [-0.2, -0.15) is 4.39 Å². The third-order valence-corrected chi connectivity index (χ3v) is 2.07. The fraction of sp³-hybridized carbons (Fsp3) is 0.100. The molecule has 2 nitrogen and oxygen atoms in total. The van der Waals surface area contributed by atoms with Gasteiger partial charge in [-0.25, -0.2) is 13.2 Å². The van der Waals surface area contributed by atoms with Crippen LogP contribution in [0.5, 0.6) is 0 Å². The molecule has 6 heteroatoms. The predicted octanol–water partition coefficient (Wildman–Crippen LogP) is 2.66. The van der Waals surface area contributed by atoms with Crippen LogP contribution in [0, 0.1) is 30.2 Å². The molecule has 0 atom stereocenters. The first-order valence-corrected chi connectivity index (χ1v) is 4.20. The molecule has 0 aliphatic carbocycles. The molecule has 2 aromatic rings. The molecule has 84 valence electrons. The van der Waals surface area contributed by atoms with Gasteiger partial charge < -0.3 is 4.42 Å². The van der Waals surface area contributed by atoms with Crippen molar-refractivity contribution in [3.8, 4) is 0 Å². The highest BCUT2D eigenvalue weighted by Gasteiger charge is 2.24. The van der Waals surface area contributed by atoms with Gasteiger partial charge in [0.25, 0.3) is 0 Å². The maximum absolute atomic E-state index is 13.2. The summed E-state index contributed by atoms with van der Waals surface area (Å²) in [6.45, 7) is 1.31. The molecule has 0 amide bonds. The number of benzene rings is 1. The second-order valence-corrected chi connectivity index (χ2v) is 3.18. The van der Waals surface area contributed by atoms with Crippen molar-refractivity contribution in [3.63, 3.8) is 0 Å². The number of rotatable bonds is 0. The van der Waals surface area contributed by atoms with Crippen LogP contribution in [-0.2, 0) is 0 Å². The van der Waals surface area contributed by atoms with Gasteiger partial charge in [0, 0.05) is 6.07 Å². The molecule has 0 aliphatic heterocycles. The Morgan fingerprint density at radius 1 is 1.00 bits per heavy atom. The Morgan fingerprint density at radius 2 is 1.56 bits per heavy atom. The van der Waals surface area contributed by atoms with Crippen LogP contribution in [0.4, 0.5) is 17.6 Å².